The van der Waals surface area contributed by atoms with Gasteiger partial charge in [0, 0.05) is 5.56 Å². The van der Waals surface area contributed by atoms with E-state index in [0.29, 0.717) is 5.56 Å². The van der Waals surface area contributed by atoms with E-state index >= 15 is 0 Å². The van der Waals surface area contributed by atoms with Crippen LogP contribution in [0.3, 0.4) is 0 Å². The van der Waals surface area contributed by atoms with Crippen molar-refractivity contribution >= 4 is 0 Å². The van der Waals surface area contributed by atoms with E-state index in [4.69, 9.17) is 5.26 Å². The molecule has 0 N–H and O–H groups in total. The Hall–Kier alpha value is -2.48. The molecule has 0 spiro atoms. The van der Waals surface area contributed by atoms with Gasteiger partial charge in [-0.05, 0) is 23.8 Å². The SMILES string of the molecule is N#Cc1ccc(-c2ccccc2)c(OC(F)(F)F)c1. The van der Waals surface area contributed by atoms with Crippen molar-refractivity contribution in [3.05, 3.63) is 54.1 Å². The van der Waals surface area contributed by atoms with E-state index in [-0.39, 0.29) is 16.9 Å². The van der Waals surface area contributed by atoms with E-state index in [1.165, 1.54) is 12.1 Å². The van der Waals surface area contributed by atoms with Gasteiger partial charge in [-0.15, -0.1) is 13.2 Å². The maximum atomic E-state index is 12.4. The standard InChI is InChI=1S/C14H8F3NO/c15-14(16,17)19-13-8-10(9-18)6-7-12(13)11-4-2-1-3-5-11/h1-8H. The van der Waals surface area contributed by atoms with E-state index in [0.717, 1.165) is 6.07 Å². The molecule has 0 unspecified atom stereocenters. The molecule has 0 heterocycles. The minimum absolute atomic E-state index is 0.110. The van der Waals surface area contributed by atoms with Crippen LogP contribution in [0.15, 0.2) is 48.5 Å². The quantitative estimate of drug-likeness (QED) is 0.816. The third-order valence-electron chi connectivity index (χ3n) is 2.42. The number of benzene rings is 2. The van der Waals surface area contributed by atoms with Crippen LogP contribution < -0.4 is 4.74 Å². The van der Waals surface area contributed by atoms with Crippen molar-refractivity contribution in [2.75, 3.05) is 0 Å². The fraction of sp³-hybridized carbons (Fsp3) is 0.0714. The van der Waals surface area contributed by atoms with E-state index in [1.807, 2.05) is 0 Å². The molecule has 0 aliphatic rings. The smallest absolute Gasteiger partial charge is 0.405 e. The van der Waals surface area contributed by atoms with Crippen LogP contribution in [-0.2, 0) is 0 Å². The lowest BCUT2D eigenvalue weighted by atomic mass is 10.0. The van der Waals surface area contributed by atoms with Gasteiger partial charge in [0.25, 0.3) is 0 Å². The first kappa shape index (κ1) is 13.0. The highest BCUT2D eigenvalue weighted by atomic mass is 19.4. The lowest BCUT2D eigenvalue weighted by Crippen LogP contribution is -2.17. The summed E-state index contributed by atoms with van der Waals surface area (Å²) in [6.07, 6.45) is -4.79. The maximum Gasteiger partial charge on any atom is 0.573 e. The largest absolute Gasteiger partial charge is 0.573 e. The predicted octanol–water partition coefficient (Wildman–Crippen LogP) is 4.12. The molecule has 19 heavy (non-hydrogen) atoms. The maximum absolute atomic E-state index is 12.4. The van der Waals surface area contributed by atoms with Crippen LogP contribution in [-0.4, -0.2) is 6.36 Å². The molecule has 0 aliphatic heterocycles. The van der Waals surface area contributed by atoms with Crippen molar-refractivity contribution in [1.82, 2.24) is 0 Å². The minimum atomic E-state index is -4.79. The Labute approximate surface area is 107 Å². The molecule has 2 nitrogen and oxygen atoms in total. The first-order chi connectivity index (χ1) is 8.99. The molecule has 5 heteroatoms. The molecule has 0 fully saturated rings. The lowest BCUT2D eigenvalue weighted by molar-refractivity contribution is -0.274. The van der Waals surface area contributed by atoms with Gasteiger partial charge in [0.05, 0.1) is 11.6 Å². The molecule has 0 atom stereocenters. The Bertz CT molecular complexity index is 615. The molecule has 0 saturated heterocycles. The summed E-state index contributed by atoms with van der Waals surface area (Å²) in [4.78, 5) is 0. The van der Waals surface area contributed by atoms with Crippen LogP contribution in [0.5, 0.6) is 5.75 Å². The summed E-state index contributed by atoms with van der Waals surface area (Å²) in [7, 11) is 0. The van der Waals surface area contributed by atoms with Gasteiger partial charge in [-0.25, -0.2) is 0 Å². The molecule has 0 bridgehead atoms. The summed E-state index contributed by atoms with van der Waals surface area (Å²) >= 11 is 0. The van der Waals surface area contributed by atoms with Crippen molar-refractivity contribution in [2.24, 2.45) is 0 Å². The molecule has 0 amide bonds. The molecule has 2 aromatic rings. The van der Waals surface area contributed by atoms with Gasteiger partial charge in [0.2, 0.25) is 0 Å². The minimum Gasteiger partial charge on any atom is -0.405 e. The lowest BCUT2D eigenvalue weighted by Gasteiger charge is -2.13. The van der Waals surface area contributed by atoms with E-state index < -0.39 is 6.36 Å². The van der Waals surface area contributed by atoms with Gasteiger partial charge < -0.3 is 4.74 Å². The van der Waals surface area contributed by atoms with Gasteiger partial charge >= 0.3 is 6.36 Å². The zero-order valence-corrected chi connectivity index (χ0v) is 9.61. The third kappa shape index (κ3) is 3.26. The summed E-state index contributed by atoms with van der Waals surface area (Å²) in [6.45, 7) is 0. The summed E-state index contributed by atoms with van der Waals surface area (Å²) in [6, 6.07) is 14.3. The number of ether oxygens (including phenoxy) is 1. The van der Waals surface area contributed by atoms with Gasteiger partial charge in [0.1, 0.15) is 5.75 Å². The predicted molar refractivity (Wildman–Crippen MR) is 63.3 cm³/mol. The van der Waals surface area contributed by atoms with Crippen LogP contribution in [0.25, 0.3) is 11.1 Å². The van der Waals surface area contributed by atoms with Crippen LogP contribution in [0.2, 0.25) is 0 Å². The zero-order chi connectivity index (χ0) is 13.9. The first-order valence-electron chi connectivity index (χ1n) is 5.35. The van der Waals surface area contributed by atoms with Gasteiger partial charge in [-0.3, -0.25) is 0 Å². The Morgan fingerprint density at radius 1 is 1.00 bits per heavy atom. The van der Waals surface area contributed by atoms with Gasteiger partial charge in [-0.1, -0.05) is 30.3 Å². The molecular formula is C14H8F3NO. The first-order valence-corrected chi connectivity index (χ1v) is 5.35. The summed E-state index contributed by atoms with van der Waals surface area (Å²) in [5.41, 5.74) is 0.988. The van der Waals surface area contributed by atoms with Crippen molar-refractivity contribution in [2.45, 2.75) is 6.36 Å². The number of nitriles is 1. The Morgan fingerprint density at radius 2 is 1.68 bits per heavy atom. The number of alkyl halides is 3. The van der Waals surface area contributed by atoms with Crippen LogP contribution >= 0.6 is 0 Å². The highest BCUT2D eigenvalue weighted by Crippen LogP contribution is 2.34. The second-order valence-electron chi connectivity index (χ2n) is 3.74. The number of hydrogen-bond acceptors (Lipinski definition) is 2. The van der Waals surface area contributed by atoms with E-state index in [1.54, 1.807) is 36.4 Å². The average molecular weight is 263 g/mol. The Morgan fingerprint density at radius 3 is 2.26 bits per heavy atom. The zero-order valence-electron chi connectivity index (χ0n) is 9.61. The average Bonchev–Trinajstić information content (AvgIpc) is 2.38. The summed E-state index contributed by atoms with van der Waals surface area (Å²) in [5.74, 6) is -0.377. The molecule has 2 aromatic carbocycles. The summed E-state index contributed by atoms with van der Waals surface area (Å²) in [5, 5.41) is 8.74. The fourth-order valence-corrected chi connectivity index (χ4v) is 1.66. The van der Waals surface area contributed by atoms with E-state index in [9.17, 15) is 13.2 Å². The number of hydrogen-bond donors (Lipinski definition) is 0. The normalized spacial score (nSPS) is 10.8. The third-order valence-corrected chi connectivity index (χ3v) is 2.42. The fourth-order valence-electron chi connectivity index (χ4n) is 1.66. The second-order valence-corrected chi connectivity index (χ2v) is 3.74. The molecule has 0 aliphatic carbocycles. The van der Waals surface area contributed by atoms with Gasteiger partial charge in [-0.2, -0.15) is 5.26 Å². The topological polar surface area (TPSA) is 33.0 Å². The highest BCUT2D eigenvalue weighted by Gasteiger charge is 2.32. The van der Waals surface area contributed by atoms with Crippen LogP contribution in [0.1, 0.15) is 5.56 Å². The number of halogens is 3. The monoisotopic (exact) mass is 263 g/mol. The van der Waals surface area contributed by atoms with Crippen molar-refractivity contribution in [3.8, 4) is 22.9 Å². The molecule has 96 valence electrons. The van der Waals surface area contributed by atoms with Crippen LogP contribution in [0, 0.1) is 11.3 Å². The van der Waals surface area contributed by atoms with Crippen molar-refractivity contribution < 1.29 is 17.9 Å². The van der Waals surface area contributed by atoms with Crippen molar-refractivity contribution in [1.29, 1.82) is 5.26 Å². The number of nitrogens with zero attached hydrogens (tertiary/aromatic N) is 1. The van der Waals surface area contributed by atoms with E-state index in [2.05, 4.69) is 4.74 Å². The molecule has 0 radical (unpaired) electrons. The molecule has 0 aromatic heterocycles. The highest BCUT2D eigenvalue weighted by molar-refractivity contribution is 5.71. The molecular weight excluding hydrogens is 255 g/mol. The Kier molecular flexibility index (Phi) is 3.43. The molecule has 0 saturated carbocycles. The second kappa shape index (κ2) is 5.02. The van der Waals surface area contributed by atoms with Gasteiger partial charge in [0.15, 0.2) is 0 Å². The van der Waals surface area contributed by atoms with Crippen LogP contribution in [0.4, 0.5) is 13.2 Å². The molecule has 2 rings (SSSR count). The number of rotatable bonds is 2. The van der Waals surface area contributed by atoms with Crippen molar-refractivity contribution in [3.63, 3.8) is 0 Å². The summed E-state index contributed by atoms with van der Waals surface area (Å²) < 4.78 is 41.1. The Balaban J connectivity index is 2.52.